The third-order valence-electron chi connectivity index (χ3n) is 3.92. The fourth-order valence-corrected chi connectivity index (χ4v) is 2.71. The van der Waals surface area contributed by atoms with Crippen molar-refractivity contribution in [1.29, 1.82) is 0 Å². The molecule has 1 heterocycles. The van der Waals surface area contributed by atoms with Crippen LogP contribution in [0.3, 0.4) is 0 Å². The highest BCUT2D eigenvalue weighted by molar-refractivity contribution is 6.30. The van der Waals surface area contributed by atoms with Gasteiger partial charge in [-0.25, -0.2) is 4.98 Å². The summed E-state index contributed by atoms with van der Waals surface area (Å²) in [5, 5.41) is 0.561. The number of nitrogens with zero attached hydrogens (tertiary/aromatic N) is 3. The monoisotopic (exact) mass is 361 g/mol. The lowest BCUT2D eigenvalue weighted by molar-refractivity contribution is 0.0647. The normalized spacial score (nSPS) is 11.7. The topological polar surface area (TPSA) is 45.7 Å². The molecule has 5 nitrogen and oxygen atoms in total. The molecule has 0 saturated carbocycles. The number of hydrogen-bond acceptors (Lipinski definition) is 4. The first kappa shape index (κ1) is 19.1. The van der Waals surface area contributed by atoms with Crippen molar-refractivity contribution in [3.63, 3.8) is 0 Å². The zero-order valence-electron chi connectivity index (χ0n) is 15.1. The summed E-state index contributed by atoms with van der Waals surface area (Å²) in [5.74, 6) is 0.486. The van der Waals surface area contributed by atoms with Crippen LogP contribution < -0.4 is 9.64 Å². The van der Waals surface area contributed by atoms with Crippen molar-refractivity contribution >= 4 is 23.2 Å². The molecule has 0 saturated heterocycles. The standard InChI is InChI=1S/C19H24ClN3O2/c1-5-23(14(2)13-25-18-11-10-15(20)12-21-18)19(24)16-8-6-7-9-17(16)22(3)4/h6-12,14H,5,13H2,1-4H3. The molecule has 1 aromatic carbocycles. The SMILES string of the molecule is CCN(C(=O)c1ccccc1N(C)C)C(C)COc1ccc(Cl)cn1. The van der Waals surface area contributed by atoms with Gasteiger partial charge in [0, 0.05) is 38.6 Å². The number of hydrogen-bond donors (Lipinski definition) is 0. The Morgan fingerprint density at radius 3 is 2.56 bits per heavy atom. The van der Waals surface area contributed by atoms with E-state index in [2.05, 4.69) is 4.98 Å². The molecule has 2 aromatic rings. The predicted octanol–water partition coefficient (Wildman–Crippen LogP) is 3.73. The highest BCUT2D eigenvalue weighted by atomic mass is 35.5. The van der Waals surface area contributed by atoms with Gasteiger partial charge in [0.1, 0.15) is 6.61 Å². The molecule has 0 aliphatic heterocycles. The minimum absolute atomic E-state index is 0.00744. The number of anilines is 1. The zero-order valence-corrected chi connectivity index (χ0v) is 15.8. The van der Waals surface area contributed by atoms with E-state index < -0.39 is 0 Å². The number of para-hydroxylation sites is 1. The van der Waals surface area contributed by atoms with Gasteiger partial charge in [-0.2, -0.15) is 0 Å². The molecule has 2 rings (SSSR count). The minimum Gasteiger partial charge on any atom is -0.475 e. The van der Waals surface area contributed by atoms with Crippen LogP contribution in [0.4, 0.5) is 5.69 Å². The van der Waals surface area contributed by atoms with Crippen LogP contribution in [0.1, 0.15) is 24.2 Å². The molecule has 0 spiro atoms. The summed E-state index contributed by atoms with van der Waals surface area (Å²) in [7, 11) is 3.86. The number of carbonyl (C=O) groups excluding carboxylic acids is 1. The van der Waals surface area contributed by atoms with Gasteiger partial charge < -0.3 is 14.5 Å². The molecule has 25 heavy (non-hydrogen) atoms. The molecule has 0 radical (unpaired) electrons. The zero-order chi connectivity index (χ0) is 18.4. The summed E-state index contributed by atoms with van der Waals surface area (Å²) in [6.45, 7) is 4.89. The molecular weight excluding hydrogens is 338 g/mol. The second-order valence-corrected chi connectivity index (χ2v) is 6.41. The van der Waals surface area contributed by atoms with E-state index in [4.69, 9.17) is 16.3 Å². The first-order chi connectivity index (χ1) is 11.9. The van der Waals surface area contributed by atoms with Gasteiger partial charge in [0.15, 0.2) is 0 Å². The first-order valence-electron chi connectivity index (χ1n) is 8.25. The van der Waals surface area contributed by atoms with Gasteiger partial charge in [-0.3, -0.25) is 4.79 Å². The molecule has 1 unspecified atom stereocenters. The summed E-state index contributed by atoms with van der Waals surface area (Å²) in [6.07, 6.45) is 1.54. The van der Waals surface area contributed by atoms with Crippen molar-refractivity contribution < 1.29 is 9.53 Å². The van der Waals surface area contributed by atoms with E-state index in [0.29, 0.717) is 29.6 Å². The maximum Gasteiger partial charge on any atom is 0.256 e. The van der Waals surface area contributed by atoms with E-state index in [1.807, 2.05) is 57.1 Å². The third kappa shape index (κ3) is 4.86. The highest BCUT2D eigenvalue weighted by Gasteiger charge is 2.23. The van der Waals surface area contributed by atoms with Gasteiger partial charge in [0.2, 0.25) is 5.88 Å². The van der Waals surface area contributed by atoms with Crippen LogP contribution in [-0.2, 0) is 0 Å². The Balaban J connectivity index is 2.10. The maximum atomic E-state index is 13.0. The Bertz CT molecular complexity index is 704. The summed E-state index contributed by atoms with van der Waals surface area (Å²) < 4.78 is 5.70. The lowest BCUT2D eigenvalue weighted by Crippen LogP contribution is -2.42. The molecular formula is C19H24ClN3O2. The van der Waals surface area contributed by atoms with E-state index in [9.17, 15) is 4.79 Å². The Morgan fingerprint density at radius 1 is 1.24 bits per heavy atom. The number of benzene rings is 1. The minimum atomic E-state index is -0.0924. The molecule has 1 atom stereocenters. The quantitative estimate of drug-likeness (QED) is 0.753. The fraction of sp³-hybridized carbons (Fsp3) is 0.368. The molecule has 0 N–H and O–H groups in total. The van der Waals surface area contributed by atoms with Crippen molar-refractivity contribution in [3.05, 3.63) is 53.2 Å². The number of amides is 1. The summed E-state index contributed by atoms with van der Waals surface area (Å²) in [6, 6.07) is 11.0. The Hall–Kier alpha value is -2.27. The van der Waals surface area contributed by atoms with Gasteiger partial charge in [-0.05, 0) is 32.0 Å². The van der Waals surface area contributed by atoms with Crippen molar-refractivity contribution in [3.8, 4) is 5.88 Å². The van der Waals surface area contributed by atoms with E-state index in [-0.39, 0.29) is 11.9 Å². The third-order valence-corrected chi connectivity index (χ3v) is 4.15. The summed E-state index contributed by atoms with van der Waals surface area (Å²) in [5.41, 5.74) is 1.59. The Morgan fingerprint density at radius 2 is 1.96 bits per heavy atom. The van der Waals surface area contributed by atoms with Crippen molar-refractivity contribution in [1.82, 2.24) is 9.88 Å². The number of rotatable bonds is 7. The van der Waals surface area contributed by atoms with Crippen LogP contribution >= 0.6 is 11.6 Å². The number of ether oxygens (including phenoxy) is 1. The Kier molecular flexibility index (Phi) is 6.65. The van der Waals surface area contributed by atoms with Crippen LogP contribution in [0.5, 0.6) is 5.88 Å². The summed E-state index contributed by atoms with van der Waals surface area (Å²) >= 11 is 5.82. The molecule has 0 aliphatic rings. The lowest BCUT2D eigenvalue weighted by atomic mass is 10.1. The molecule has 134 valence electrons. The van der Waals surface area contributed by atoms with Gasteiger partial charge in [-0.1, -0.05) is 23.7 Å². The molecule has 0 aliphatic carbocycles. The van der Waals surface area contributed by atoms with Crippen molar-refractivity contribution in [2.24, 2.45) is 0 Å². The maximum absolute atomic E-state index is 13.0. The number of aromatic nitrogens is 1. The van der Waals surface area contributed by atoms with Gasteiger partial charge in [0.05, 0.1) is 16.6 Å². The molecule has 0 bridgehead atoms. The van der Waals surface area contributed by atoms with E-state index in [1.54, 1.807) is 17.0 Å². The number of carbonyl (C=O) groups is 1. The number of pyridine rings is 1. The van der Waals surface area contributed by atoms with Crippen LogP contribution in [0, 0.1) is 0 Å². The largest absolute Gasteiger partial charge is 0.475 e. The first-order valence-corrected chi connectivity index (χ1v) is 8.63. The van der Waals surface area contributed by atoms with Crippen molar-refractivity contribution in [2.45, 2.75) is 19.9 Å². The van der Waals surface area contributed by atoms with Crippen LogP contribution in [0.2, 0.25) is 5.02 Å². The van der Waals surface area contributed by atoms with Gasteiger partial charge in [-0.15, -0.1) is 0 Å². The van der Waals surface area contributed by atoms with Gasteiger partial charge in [0.25, 0.3) is 5.91 Å². The second kappa shape index (κ2) is 8.72. The number of likely N-dealkylation sites (N-methyl/N-ethyl adjacent to an activating group) is 1. The van der Waals surface area contributed by atoms with Crippen LogP contribution in [-0.4, -0.2) is 49.1 Å². The molecule has 0 fully saturated rings. The average Bonchev–Trinajstić information content (AvgIpc) is 2.61. The van der Waals surface area contributed by atoms with E-state index in [1.165, 1.54) is 6.20 Å². The predicted molar refractivity (Wildman–Crippen MR) is 102 cm³/mol. The average molecular weight is 362 g/mol. The fourth-order valence-electron chi connectivity index (χ4n) is 2.60. The lowest BCUT2D eigenvalue weighted by Gasteiger charge is -2.29. The molecule has 1 amide bonds. The van der Waals surface area contributed by atoms with Crippen LogP contribution in [0.15, 0.2) is 42.6 Å². The summed E-state index contributed by atoms with van der Waals surface area (Å²) in [4.78, 5) is 20.9. The molecule has 6 heteroatoms. The van der Waals surface area contributed by atoms with E-state index in [0.717, 1.165) is 5.69 Å². The van der Waals surface area contributed by atoms with Crippen LogP contribution in [0.25, 0.3) is 0 Å². The Labute approximate surface area is 154 Å². The smallest absolute Gasteiger partial charge is 0.256 e. The van der Waals surface area contributed by atoms with Crippen molar-refractivity contribution in [2.75, 3.05) is 32.1 Å². The number of halogens is 1. The highest BCUT2D eigenvalue weighted by Crippen LogP contribution is 2.21. The van der Waals surface area contributed by atoms with E-state index >= 15 is 0 Å². The molecule has 1 aromatic heterocycles. The second-order valence-electron chi connectivity index (χ2n) is 5.98. The van der Waals surface area contributed by atoms with Gasteiger partial charge >= 0.3 is 0 Å².